The van der Waals surface area contributed by atoms with Gasteiger partial charge in [0, 0.05) is 18.9 Å². The lowest BCUT2D eigenvalue weighted by Gasteiger charge is -2.28. The molecule has 4 rings (SSSR count). The topological polar surface area (TPSA) is 134 Å². The number of aromatic nitrogens is 2. The average molecular weight is 554 g/mol. The lowest BCUT2D eigenvalue weighted by atomic mass is 10.1. The second-order valence-corrected chi connectivity index (χ2v) is 12.6. The smallest absolute Gasteiger partial charge is 0.417 e. The van der Waals surface area contributed by atoms with Crippen LogP contribution < -0.4 is 5.32 Å². The Morgan fingerprint density at radius 1 is 1.24 bits per heavy atom. The maximum absolute atomic E-state index is 14.0. The first-order valence-corrected chi connectivity index (χ1v) is 13.3. The zero-order valence-electron chi connectivity index (χ0n) is 20.8. The predicted octanol–water partition coefficient (Wildman–Crippen LogP) is 3.22. The van der Waals surface area contributed by atoms with Crippen LogP contribution in [0, 0.1) is 11.3 Å². The zero-order chi connectivity index (χ0) is 28.1. The van der Waals surface area contributed by atoms with Crippen LogP contribution in [0.2, 0.25) is 0 Å². The van der Waals surface area contributed by atoms with Gasteiger partial charge >= 0.3 is 12.3 Å². The van der Waals surface area contributed by atoms with Crippen LogP contribution >= 0.6 is 0 Å². The molecule has 1 N–H and O–H groups in total. The highest BCUT2D eigenvalue weighted by atomic mass is 32.2. The van der Waals surface area contributed by atoms with Gasteiger partial charge in [0.05, 0.1) is 27.5 Å². The van der Waals surface area contributed by atoms with E-state index in [0.29, 0.717) is 18.9 Å². The monoisotopic (exact) mass is 553 g/mol. The summed E-state index contributed by atoms with van der Waals surface area (Å²) in [6.45, 7) is 4.18. The number of sulfone groups is 1. The van der Waals surface area contributed by atoms with Crippen LogP contribution in [0.15, 0.2) is 41.6 Å². The minimum Gasteiger partial charge on any atom is -0.444 e. The van der Waals surface area contributed by atoms with Gasteiger partial charge in [0.15, 0.2) is 9.84 Å². The molecular weight excluding hydrogens is 527 g/mol. The van der Waals surface area contributed by atoms with Crippen molar-refractivity contribution in [1.82, 2.24) is 20.0 Å². The van der Waals surface area contributed by atoms with Crippen LogP contribution in [0.3, 0.4) is 0 Å². The number of benzene rings is 1. The molecule has 2 heterocycles. The molecule has 14 heteroatoms. The molecule has 2 atom stereocenters. The highest BCUT2D eigenvalue weighted by Crippen LogP contribution is 2.40. The molecule has 2 aromatic rings. The van der Waals surface area contributed by atoms with E-state index in [0.717, 1.165) is 15.6 Å². The second-order valence-electron chi connectivity index (χ2n) is 10.4. The maximum Gasteiger partial charge on any atom is 0.417 e. The number of carbonyl (C=O) groups excluding carboxylic acids is 2. The Labute approximate surface area is 217 Å². The van der Waals surface area contributed by atoms with Crippen molar-refractivity contribution in [2.75, 3.05) is 6.54 Å². The zero-order valence-corrected chi connectivity index (χ0v) is 21.6. The largest absolute Gasteiger partial charge is 0.444 e. The number of carbonyl (C=O) groups is 2. The summed E-state index contributed by atoms with van der Waals surface area (Å²) >= 11 is 0. The number of likely N-dealkylation sites (tertiary alicyclic amines) is 1. The number of alkyl halides is 3. The fourth-order valence-corrected chi connectivity index (χ4v) is 6.12. The van der Waals surface area contributed by atoms with Crippen LogP contribution in [0.25, 0.3) is 5.69 Å². The predicted molar refractivity (Wildman–Crippen MR) is 127 cm³/mol. The van der Waals surface area contributed by atoms with Gasteiger partial charge in [-0.15, -0.1) is 0 Å². The summed E-state index contributed by atoms with van der Waals surface area (Å²) in [6.07, 6.45) is -2.89. The Morgan fingerprint density at radius 2 is 1.92 bits per heavy atom. The first-order valence-electron chi connectivity index (χ1n) is 11.7. The van der Waals surface area contributed by atoms with Crippen molar-refractivity contribution in [3.05, 3.63) is 42.2 Å². The van der Waals surface area contributed by atoms with Gasteiger partial charge in [-0.3, -0.25) is 9.69 Å². The lowest BCUT2D eigenvalue weighted by Crippen LogP contribution is -2.50. The first-order chi connectivity index (χ1) is 17.6. The molecule has 1 aliphatic heterocycles. The van der Waals surface area contributed by atoms with Crippen molar-refractivity contribution in [3.63, 3.8) is 0 Å². The quantitative estimate of drug-likeness (QED) is 0.601. The van der Waals surface area contributed by atoms with Crippen molar-refractivity contribution in [3.8, 4) is 11.8 Å². The van der Waals surface area contributed by atoms with Crippen molar-refractivity contribution in [2.45, 2.75) is 73.5 Å². The van der Waals surface area contributed by atoms with Gasteiger partial charge in [0.2, 0.25) is 5.91 Å². The van der Waals surface area contributed by atoms with Gasteiger partial charge in [-0.05, 0) is 64.3 Å². The maximum atomic E-state index is 14.0. The van der Waals surface area contributed by atoms with Crippen LogP contribution in [0.1, 0.15) is 45.6 Å². The Balaban J connectivity index is 1.70. The van der Waals surface area contributed by atoms with E-state index in [2.05, 4.69) is 10.4 Å². The van der Waals surface area contributed by atoms with E-state index in [1.165, 1.54) is 24.5 Å². The number of amides is 2. The summed E-state index contributed by atoms with van der Waals surface area (Å²) in [5.41, 5.74) is -3.46. The Kier molecular flexibility index (Phi) is 6.71. The van der Waals surface area contributed by atoms with Crippen LogP contribution in [-0.4, -0.2) is 64.1 Å². The number of ether oxygens (including phenoxy) is 1. The summed E-state index contributed by atoms with van der Waals surface area (Å²) in [5, 5.41) is 14.2. The van der Waals surface area contributed by atoms with Gasteiger partial charge in [-0.1, -0.05) is 0 Å². The molecule has 2 fully saturated rings. The standard InChI is InChI=1S/C24H26F3N5O5S/c1-22(2,3)37-21(34)31-13-16(12-18(31)20(33)30-23(14-28)7-8-23)38(35,36)19-6-5-15(32-10-4-9-29-32)11-17(19)24(25,26)27/h4-6,9-11,16,18H,7-8,12-13H2,1-3H3,(H,30,33)/t16-,18+/m1/s1. The molecular formula is C24H26F3N5O5S. The molecule has 0 bridgehead atoms. The van der Waals surface area contributed by atoms with Crippen molar-refractivity contribution < 1.29 is 35.9 Å². The molecule has 1 saturated heterocycles. The molecule has 38 heavy (non-hydrogen) atoms. The number of hydrogen-bond donors (Lipinski definition) is 1. The number of halogens is 3. The molecule has 204 valence electrons. The van der Waals surface area contributed by atoms with Crippen LogP contribution in [0.5, 0.6) is 0 Å². The third kappa shape index (κ3) is 5.47. The van der Waals surface area contributed by atoms with Gasteiger partial charge in [0.1, 0.15) is 17.2 Å². The van der Waals surface area contributed by atoms with E-state index in [1.807, 2.05) is 6.07 Å². The van der Waals surface area contributed by atoms with Gasteiger partial charge in [-0.2, -0.15) is 23.5 Å². The molecule has 1 aliphatic carbocycles. The highest BCUT2D eigenvalue weighted by molar-refractivity contribution is 7.92. The number of nitrogens with one attached hydrogen (secondary N) is 1. The minimum atomic E-state index is -5.02. The minimum absolute atomic E-state index is 0.00608. The number of hydrogen-bond acceptors (Lipinski definition) is 7. The third-order valence-corrected chi connectivity index (χ3v) is 8.49. The number of rotatable bonds is 5. The normalized spacial score (nSPS) is 21.0. The van der Waals surface area contributed by atoms with Gasteiger partial charge in [0.25, 0.3) is 0 Å². The van der Waals surface area contributed by atoms with Gasteiger partial charge in [-0.25, -0.2) is 17.9 Å². The molecule has 2 aliphatic rings. The molecule has 1 saturated carbocycles. The Morgan fingerprint density at radius 3 is 2.45 bits per heavy atom. The van der Waals surface area contributed by atoms with E-state index in [4.69, 9.17) is 4.74 Å². The van der Waals surface area contributed by atoms with E-state index in [9.17, 15) is 36.4 Å². The molecule has 0 spiro atoms. The molecule has 10 nitrogen and oxygen atoms in total. The number of nitriles is 1. The Hall–Kier alpha value is -3.60. The third-order valence-electron chi connectivity index (χ3n) is 6.30. The van der Waals surface area contributed by atoms with Crippen LogP contribution in [0.4, 0.5) is 18.0 Å². The second kappa shape index (κ2) is 9.30. The fraction of sp³-hybridized carbons (Fsp3) is 0.500. The summed E-state index contributed by atoms with van der Waals surface area (Å²) < 4.78 is 75.8. The summed E-state index contributed by atoms with van der Waals surface area (Å²) in [5.74, 6) is -0.766. The van der Waals surface area contributed by atoms with Crippen molar-refractivity contribution in [1.29, 1.82) is 5.26 Å². The van der Waals surface area contributed by atoms with Crippen LogP contribution in [-0.2, 0) is 25.5 Å². The summed E-state index contributed by atoms with van der Waals surface area (Å²) in [7, 11) is -4.69. The fourth-order valence-electron chi connectivity index (χ4n) is 4.23. The van der Waals surface area contributed by atoms with E-state index < -0.39 is 73.9 Å². The van der Waals surface area contributed by atoms with Crippen molar-refractivity contribution in [2.24, 2.45) is 0 Å². The Bertz CT molecular complexity index is 1390. The number of nitrogens with zero attached hydrogens (tertiary/aromatic N) is 4. The van der Waals surface area contributed by atoms with E-state index >= 15 is 0 Å². The molecule has 2 amide bonds. The average Bonchev–Trinajstić information content (AvgIpc) is 3.22. The van der Waals surface area contributed by atoms with E-state index in [-0.39, 0.29) is 5.69 Å². The molecule has 0 unspecified atom stereocenters. The van der Waals surface area contributed by atoms with E-state index in [1.54, 1.807) is 20.8 Å². The van der Waals surface area contributed by atoms with Crippen molar-refractivity contribution >= 4 is 21.8 Å². The summed E-state index contributed by atoms with van der Waals surface area (Å²) in [4.78, 5) is 25.9. The SMILES string of the molecule is CC(C)(C)OC(=O)N1C[C@H](S(=O)(=O)c2ccc(-n3cccn3)cc2C(F)(F)F)C[C@H]1C(=O)NC1(C#N)CC1. The lowest BCUT2D eigenvalue weighted by molar-refractivity contribution is -0.139. The molecule has 1 aromatic heterocycles. The summed E-state index contributed by atoms with van der Waals surface area (Å²) in [6, 6.07) is 4.88. The molecule has 1 aromatic carbocycles. The van der Waals surface area contributed by atoms with Gasteiger partial charge < -0.3 is 10.1 Å². The molecule has 0 radical (unpaired) electrons. The first kappa shape index (κ1) is 27.4. The highest BCUT2D eigenvalue weighted by Gasteiger charge is 2.52.